The molecule has 1 aliphatic heterocycles. The van der Waals surface area contributed by atoms with Crippen LogP contribution in [0.25, 0.3) is 0 Å². The van der Waals surface area contributed by atoms with Crippen LogP contribution in [0.2, 0.25) is 0 Å². The number of carboxylic acid groups (broad SMARTS) is 6. The van der Waals surface area contributed by atoms with Gasteiger partial charge in [0.25, 0.3) is 0 Å². The van der Waals surface area contributed by atoms with Crippen LogP contribution in [0.3, 0.4) is 0 Å². The first-order chi connectivity index (χ1) is 39.6. The van der Waals surface area contributed by atoms with Gasteiger partial charge in [-0.05, 0) is 63.0 Å². The van der Waals surface area contributed by atoms with Crippen molar-refractivity contribution in [3.8, 4) is 0 Å². The Morgan fingerprint density at radius 3 is 1.69 bits per heavy atom. The summed E-state index contributed by atoms with van der Waals surface area (Å²) in [5.74, 6) is -15.9. The van der Waals surface area contributed by atoms with Gasteiger partial charge in [-0.1, -0.05) is 24.3 Å². The number of hydroxylamine groups is 2. The third kappa shape index (κ3) is 28.6. The number of carbonyl (C=O) groups excluding carboxylic acids is 10. The highest BCUT2D eigenvalue weighted by molar-refractivity contribution is 8.00. The van der Waals surface area contributed by atoms with E-state index >= 15 is 0 Å². The van der Waals surface area contributed by atoms with E-state index in [0.717, 1.165) is 4.90 Å². The summed E-state index contributed by atoms with van der Waals surface area (Å²) in [6.45, 7) is 1.33. The van der Waals surface area contributed by atoms with Crippen molar-refractivity contribution in [2.45, 2.75) is 145 Å². The van der Waals surface area contributed by atoms with Crippen molar-refractivity contribution in [2.24, 2.45) is 0 Å². The first kappa shape index (κ1) is 71.2. The highest BCUT2D eigenvalue weighted by Gasteiger charge is 2.40. The number of nitrogens with zero attached hydrogens (tertiary/aromatic N) is 2. The van der Waals surface area contributed by atoms with Crippen molar-refractivity contribution in [1.29, 1.82) is 0 Å². The normalized spacial score (nSPS) is 14.5. The number of Topliss-reactive ketones (excluding diaryl/α,β-unsaturated/α-hetero) is 1. The number of aliphatic carboxylic acids is 6. The highest BCUT2D eigenvalue weighted by Crippen LogP contribution is 2.26. The molecule has 1 aromatic rings. The van der Waals surface area contributed by atoms with E-state index in [4.69, 9.17) is 5.11 Å². The van der Waals surface area contributed by atoms with Gasteiger partial charge in [0.1, 0.15) is 36.0 Å². The predicted molar refractivity (Wildman–Crippen MR) is 286 cm³/mol. The molecule has 0 saturated carbocycles. The summed E-state index contributed by atoms with van der Waals surface area (Å²) in [6.07, 6.45) is -2.63. The smallest absolute Gasteiger partial charge is 0.327 e. The first-order valence-corrected chi connectivity index (χ1v) is 27.2. The third-order valence-electron chi connectivity index (χ3n) is 12.1. The minimum absolute atomic E-state index is 0.00913. The summed E-state index contributed by atoms with van der Waals surface area (Å²) in [7, 11) is 0. The lowest BCUT2D eigenvalue weighted by molar-refractivity contribution is -0.166. The molecule has 464 valence electrons. The van der Waals surface area contributed by atoms with Crippen LogP contribution < -0.4 is 42.5 Å². The molecule has 84 heavy (non-hydrogen) atoms. The number of thioether (sulfide) groups is 1. The summed E-state index contributed by atoms with van der Waals surface area (Å²) in [4.78, 5) is 196. The molecule has 1 saturated heterocycles. The number of nitrogens with one attached hydrogen (secondary N) is 8. The van der Waals surface area contributed by atoms with Gasteiger partial charge < -0.3 is 78.0 Å². The molecule has 0 radical (unpaired) electrons. The number of likely N-dealkylation sites (tertiary alicyclic amines) is 1. The first-order valence-electron chi connectivity index (χ1n) is 26.2. The molecular weight excluding hydrogens is 1140 g/mol. The van der Waals surface area contributed by atoms with Gasteiger partial charge >= 0.3 is 47.9 Å². The van der Waals surface area contributed by atoms with E-state index in [-0.39, 0.29) is 83.5 Å². The Morgan fingerprint density at radius 2 is 1.12 bits per heavy atom. The van der Waals surface area contributed by atoms with Crippen molar-refractivity contribution >= 4 is 107 Å². The van der Waals surface area contributed by atoms with Gasteiger partial charge in [0.05, 0.1) is 24.5 Å². The van der Waals surface area contributed by atoms with E-state index in [1.807, 2.05) is 10.6 Å². The molecule has 2 rings (SSSR count). The topological polar surface area (TPSA) is 517 Å². The second kappa shape index (κ2) is 37.2. The molecular formula is C50H70N10O23S. The van der Waals surface area contributed by atoms with Crippen molar-refractivity contribution < 1.29 is 113 Å². The number of unbranched alkanes of at least 4 members (excludes halogenated alkanes) is 3. The van der Waals surface area contributed by atoms with E-state index in [9.17, 15) is 107 Å². The number of hydrogen-bond donors (Lipinski definition) is 15. The average molecular weight is 1210 g/mol. The molecule has 1 aromatic carbocycles. The number of imide groups is 1. The molecule has 11 amide bonds. The molecule has 34 heteroatoms. The largest absolute Gasteiger partial charge is 0.481 e. The lowest BCUT2D eigenvalue weighted by atomic mass is 10.1. The van der Waals surface area contributed by atoms with Crippen LogP contribution in [0.5, 0.6) is 0 Å². The number of carboxylic acids is 6. The van der Waals surface area contributed by atoms with Crippen molar-refractivity contribution in [1.82, 2.24) is 52.5 Å². The molecule has 15 N–H and O–H groups in total. The zero-order valence-electron chi connectivity index (χ0n) is 45.6. The lowest BCUT2D eigenvalue weighted by Gasteiger charge is -2.23. The maximum absolute atomic E-state index is 13.4. The van der Waals surface area contributed by atoms with Gasteiger partial charge in [-0.25, -0.2) is 29.0 Å². The van der Waals surface area contributed by atoms with Gasteiger partial charge in [-0.2, -0.15) is 0 Å². The Morgan fingerprint density at radius 1 is 0.571 bits per heavy atom. The van der Waals surface area contributed by atoms with Gasteiger partial charge in [0.2, 0.25) is 41.4 Å². The van der Waals surface area contributed by atoms with E-state index in [0.29, 0.717) is 47.2 Å². The third-order valence-corrected chi connectivity index (χ3v) is 13.4. The number of amides is 11. The molecule has 0 bridgehead atoms. The molecule has 1 aliphatic rings. The monoisotopic (exact) mass is 1210 g/mol. The van der Waals surface area contributed by atoms with Gasteiger partial charge in [-0.15, -0.1) is 11.8 Å². The zero-order valence-corrected chi connectivity index (χ0v) is 46.4. The fourth-order valence-electron chi connectivity index (χ4n) is 7.61. The van der Waals surface area contributed by atoms with Crippen molar-refractivity contribution in [3.05, 3.63) is 35.4 Å². The number of ketones is 1. The van der Waals surface area contributed by atoms with Crippen LogP contribution in [-0.4, -0.2) is 208 Å². The molecule has 33 nitrogen and oxygen atoms in total. The average Bonchev–Trinajstić information content (AvgIpc) is 3.59. The summed E-state index contributed by atoms with van der Waals surface area (Å²) in [5, 5.41) is 83.8. The summed E-state index contributed by atoms with van der Waals surface area (Å²) in [6, 6.07) is -4.48. The molecule has 0 spiro atoms. The van der Waals surface area contributed by atoms with E-state index < -0.39 is 163 Å². The number of urea groups is 2. The Labute approximate surface area is 483 Å². The molecule has 6 atom stereocenters. The van der Waals surface area contributed by atoms with Gasteiger partial charge in [-0.3, -0.25) is 58.1 Å². The number of rotatable bonds is 41. The summed E-state index contributed by atoms with van der Waals surface area (Å²) >= 11 is 0.670. The Hall–Kier alpha value is -8.95. The van der Waals surface area contributed by atoms with Crippen LogP contribution in [0.1, 0.15) is 108 Å². The standard InChI is InChI=1S/C50H70N10O23S/c1-27(61)8-14-38(64)60(83)19-6-2-4-17-51-36(62)16-20-59-39(65)24-35(45(59)74)84-26-34(48(79)80)56-44(73)33(23-42(70)71)55-43(72)32(22-41(68)69)54-37(63)21-28-9-11-29(12-10-28)25-53-49(81)52-18-5-3-7-30(46(75)76)57-50(82)58-31(47(77)78)13-15-40(66)67/h9-12,30-35,83H,2-8,13-26H2,1H3,(H,51,62)(H,54,63)(H,55,72)(H,56,73)(H,66,67)(H,68,69)(H,70,71)(H,75,76)(H,77,78)(H,79,80)(H2,52,53,81)(H2,57,58,82)/t30-,31-,32-,33-,34-,35?/m0/s1. The fraction of sp³-hybridized carbons (Fsp3) is 0.560. The number of carbonyl (C=O) groups is 16. The Bertz CT molecular complexity index is 2570. The van der Waals surface area contributed by atoms with E-state index in [2.05, 4.69) is 31.9 Å². The quantitative estimate of drug-likeness (QED) is 0.0144. The van der Waals surface area contributed by atoms with Crippen molar-refractivity contribution in [2.75, 3.05) is 31.9 Å². The van der Waals surface area contributed by atoms with Gasteiger partial charge in [0.15, 0.2) is 0 Å². The van der Waals surface area contributed by atoms with E-state index in [1.54, 1.807) is 0 Å². The van der Waals surface area contributed by atoms with Crippen LogP contribution in [0.4, 0.5) is 9.59 Å². The Kier molecular flexibility index (Phi) is 31.5. The molecule has 0 aromatic heterocycles. The highest BCUT2D eigenvalue weighted by atomic mass is 32.2. The van der Waals surface area contributed by atoms with Crippen molar-refractivity contribution in [3.63, 3.8) is 0 Å². The summed E-state index contributed by atoms with van der Waals surface area (Å²) < 4.78 is 0. The lowest BCUT2D eigenvalue weighted by Crippen LogP contribution is -2.57. The molecule has 1 fully saturated rings. The molecule has 1 heterocycles. The Balaban J connectivity index is 1.86. The van der Waals surface area contributed by atoms with Crippen LogP contribution >= 0.6 is 11.8 Å². The number of hydrogen-bond acceptors (Lipinski definition) is 18. The molecule has 0 aliphatic carbocycles. The van der Waals surface area contributed by atoms with Crippen LogP contribution in [0, 0.1) is 0 Å². The minimum Gasteiger partial charge on any atom is -0.481 e. The van der Waals surface area contributed by atoms with Crippen LogP contribution in [0.15, 0.2) is 24.3 Å². The van der Waals surface area contributed by atoms with E-state index in [1.165, 1.54) is 31.2 Å². The maximum atomic E-state index is 13.4. The SMILES string of the molecule is CC(=O)CCC(=O)N(O)CCCCCNC(=O)CCN1C(=O)CC(SC[C@H](NC(=O)[C@H](CC(=O)O)NC(=O)[C@H](CC(=O)O)NC(=O)Cc2ccc(CNC(=O)NCCCC[C@H](NC(=O)N[C@@H](CCC(=O)O)C(=O)O)C(=O)O)cc2)C(=O)O)C1=O. The predicted octanol–water partition coefficient (Wildman–Crippen LogP) is -2.12. The van der Waals surface area contributed by atoms with Crippen LogP contribution in [-0.2, 0) is 80.1 Å². The molecule has 1 unspecified atom stereocenters. The zero-order chi connectivity index (χ0) is 63.1. The second-order valence-electron chi connectivity index (χ2n) is 19.0. The minimum atomic E-state index is -2.02. The second-order valence-corrected chi connectivity index (χ2v) is 20.2. The number of benzene rings is 1. The fourth-order valence-corrected chi connectivity index (χ4v) is 8.79. The van der Waals surface area contributed by atoms with Gasteiger partial charge in [0, 0.05) is 70.6 Å². The summed E-state index contributed by atoms with van der Waals surface area (Å²) in [5.41, 5.74) is 0.888. The maximum Gasteiger partial charge on any atom is 0.327 e.